The number of nitrogens with one attached hydrogen (secondary N) is 1. The predicted molar refractivity (Wildman–Crippen MR) is 82.6 cm³/mol. The summed E-state index contributed by atoms with van der Waals surface area (Å²) in [6.07, 6.45) is 2.71. The van der Waals surface area contributed by atoms with Crippen molar-refractivity contribution in [3.63, 3.8) is 0 Å². The molecule has 1 aromatic carbocycles. The van der Waals surface area contributed by atoms with E-state index in [1.165, 1.54) is 0 Å². The summed E-state index contributed by atoms with van der Waals surface area (Å²) in [6.45, 7) is 0.821. The highest BCUT2D eigenvalue weighted by molar-refractivity contribution is 7.07. The molecule has 5 heteroatoms. The summed E-state index contributed by atoms with van der Waals surface area (Å²) >= 11 is 1.62. The van der Waals surface area contributed by atoms with Gasteiger partial charge in [-0.2, -0.15) is 0 Å². The van der Waals surface area contributed by atoms with Crippen LogP contribution in [0, 0.1) is 0 Å². The third-order valence-electron chi connectivity index (χ3n) is 3.13. The van der Waals surface area contributed by atoms with Crippen LogP contribution < -0.4 is 10.1 Å². The van der Waals surface area contributed by atoms with E-state index in [0.717, 1.165) is 41.0 Å². The monoisotopic (exact) mass is 285 g/mol. The van der Waals surface area contributed by atoms with Crippen LogP contribution >= 0.6 is 11.3 Å². The molecule has 0 atom stereocenters. The van der Waals surface area contributed by atoms with Gasteiger partial charge in [-0.15, -0.1) is 11.3 Å². The van der Waals surface area contributed by atoms with Gasteiger partial charge in [0.1, 0.15) is 11.6 Å². The molecular weight excluding hydrogens is 270 g/mol. The maximum Gasteiger partial charge on any atom is 0.133 e. The van der Waals surface area contributed by atoms with Gasteiger partial charge < -0.3 is 10.1 Å². The summed E-state index contributed by atoms with van der Waals surface area (Å²) in [4.78, 5) is 8.69. The number of pyridine rings is 1. The van der Waals surface area contributed by atoms with E-state index in [1.54, 1.807) is 18.4 Å². The molecule has 20 heavy (non-hydrogen) atoms. The van der Waals surface area contributed by atoms with E-state index in [2.05, 4.69) is 20.7 Å². The Morgan fingerprint density at radius 3 is 3.00 bits per heavy atom. The van der Waals surface area contributed by atoms with Gasteiger partial charge in [-0.3, -0.25) is 0 Å². The molecule has 102 valence electrons. The zero-order valence-electron chi connectivity index (χ0n) is 11.2. The van der Waals surface area contributed by atoms with Crippen molar-refractivity contribution in [2.45, 2.75) is 6.42 Å². The van der Waals surface area contributed by atoms with Crippen LogP contribution in [0.5, 0.6) is 5.75 Å². The average molecular weight is 285 g/mol. The normalized spacial score (nSPS) is 10.7. The fourth-order valence-electron chi connectivity index (χ4n) is 2.09. The SMILES string of the molecule is COc1ccc2c(NCCc3cscn3)nccc2c1. The fraction of sp³-hybridized carbons (Fsp3) is 0.200. The van der Waals surface area contributed by atoms with E-state index in [1.807, 2.05) is 36.0 Å². The molecule has 4 nitrogen and oxygen atoms in total. The molecule has 0 aliphatic carbocycles. The Labute approximate surface area is 121 Å². The summed E-state index contributed by atoms with van der Waals surface area (Å²) in [7, 11) is 1.68. The first-order valence-corrected chi connectivity index (χ1v) is 7.35. The van der Waals surface area contributed by atoms with E-state index in [0.29, 0.717) is 0 Å². The maximum absolute atomic E-state index is 5.24. The van der Waals surface area contributed by atoms with Gasteiger partial charge in [-0.25, -0.2) is 9.97 Å². The highest BCUT2D eigenvalue weighted by atomic mass is 32.1. The summed E-state index contributed by atoms with van der Waals surface area (Å²) in [5, 5.41) is 7.67. The summed E-state index contributed by atoms with van der Waals surface area (Å²) in [6, 6.07) is 7.99. The Bertz CT molecular complexity index is 697. The van der Waals surface area contributed by atoms with Gasteiger partial charge in [0.25, 0.3) is 0 Å². The highest BCUT2D eigenvalue weighted by Crippen LogP contribution is 2.25. The number of hydrogen-bond donors (Lipinski definition) is 1. The lowest BCUT2D eigenvalue weighted by Crippen LogP contribution is -2.06. The second-order valence-corrected chi connectivity index (χ2v) is 5.12. The molecule has 0 amide bonds. The molecule has 2 heterocycles. The second-order valence-electron chi connectivity index (χ2n) is 4.40. The molecule has 0 saturated carbocycles. The Balaban J connectivity index is 1.77. The number of rotatable bonds is 5. The number of fused-ring (bicyclic) bond motifs is 1. The molecule has 3 rings (SSSR count). The highest BCUT2D eigenvalue weighted by Gasteiger charge is 2.03. The standard InChI is InChI=1S/C15H15N3OS/c1-19-13-2-3-14-11(8-13)4-6-16-15(14)17-7-5-12-9-20-10-18-12/h2-4,6,8-10H,5,7H2,1H3,(H,16,17). The van der Waals surface area contributed by atoms with Crippen molar-refractivity contribution in [2.24, 2.45) is 0 Å². The van der Waals surface area contributed by atoms with Crippen LogP contribution in [-0.4, -0.2) is 23.6 Å². The third-order valence-corrected chi connectivity index (χ3v) is 3.76. The summed E-state index contributed by atoms with van der Waals surface area (Å²) in [5.74, 6) is 1.76. The van der Waals surface area contributed by atoms with Crippen LogP contribution in [0.3, 0.4) is 0 Å². The number of methoxy groups -OCH3 is 1. The molecule has 0 bridgehead atoms. The van der Waals surface area contributed by atoms with Crippen molar-refractivity contribution in [1.29, 1.82) is 0 Å². The van der Waals surface area contributed by atoms with Crippen LogP contribution in [0.15, 0.2) is 41.4 Å². The average Bonchev–Trinajstić information content (AvgIpc) is 3.00. The van der Waals surface area contributed by atoms with Gasteiger partial charge in [-0.05, 0) is 29.7 Å². The van der Waals surface area contributed by atoms with Crippen molar-refractivity contribution < 1.29 is 4.74 Å². The Morgan fingerprint density at radius 2 is 2.20 bits per heavy atom. The molecule has 0 aliphatic rings. The van der Waals surface area contributed by atoms with Crippen LogP contribution in [0.1, 0.15) is 5.69 Å². The molecule has 1 N–H and O–H groups in total. The largest absolute Gasteiger partial charge is 0.497 e. The van der Waals surface area contributed by atoms with Gasteiger partial charge in [-0.1, -0.05) is 0 Å². The minimum Gasteiger partial charge on any atom is -0.497 e. The number of thiazole rings is 1. The van der Waals surface area contributed by atoms with Crippen molar-refractivity contribution in [3.8, 4) is 5.75 Å². The minimum absolute atomic E-state index is 0.821. The van der Waals surface area contributed by atoms with Gasteiger partial charge in [0.2, 0.25) is 0 Å². The molecule has 0 radical (unpaired) electrons. The number of anilines is 1. The lowest BCUT2D eigenvalue weighted by molar-refractivity contribution is 0.415. The zero-order chi connectivity index (χ0) is 13.8. The summed E-state index contributed by atoms with van der Waals surface area (Å²) < 4.78 is 5.24. The van der Waals surface area contributed by atoms with Gasteiger partial charge in [0, 0.05) is 29.9 Å². The van der Waals surface area contributed by atoms with Crippen LogP contribution in [0.25, 0.3) is 10.8 Å². The van der Waals surface area contributed by atoms with E-state index in [9.17, 15) is 0 Å². The molecule has 0 aliphatic heterocycles. The van der Waals surface area contributed by atoms with E-state index in [-0.39, 0.29) is 0 Å². The molecule has 0 saturated heterocycles. The lowest BCUT2D eigenvalue weighted by atomic mass is 10.1. The molecule has 0 fully saturated rings. The molecule has 3 aromatic rings. The molecule has 2 aromatic heterocycles. The quantitative estimate of drug-likeness (QED) is 0.781. The first-order chi connectivity index (χ1) is 9.86. The fourth-order valence-corrected chi connectivity index (χ4v) is 2.69. The van der Waals surface area contributed by atoms with Gasteiger partial charge in [0.05, 0.1) is 18.3 Å². The Hall–Kier alpha value is -2.14. The van der Waals surface area contributed by atoms with Crippen molar-refractivity contribution >= 4 is 27.9 Å². The number of benzene rings is 1. The first kappa shape index (κ1) is 12.9. The van der Waals surface area contributed by atoms with Crippen molar-refractivity contribution in [1.82, 2.24) is 9.97 Å². The molecule has 0 spiro atoms. The van der Waals surface area contributed by atoms with E-state index >= 15 is 0 Å². The Kier molecular flexibility index (Phi) is 3.78. The van der Waals surface area contributed by atoms with Crippen LogP contribution in [0.4, 0.5) is 5.82 Å². The van der Waals surface area contributed by atoms with E-state index < -0.39 is 0 Å². The number of nitrogens with zero attached hydrogens (tertiary/aromatic N) is 2. The number of hydrogen-bond acceptors (Lipinski definition) is 5. The minimum atomic E-state index is 0.821. The van der Waals surface area contributed by atoms with Crippen LogP contribution in [0.2, 0.25) is 0 Å². The smallest absolute Gasteiger partial charge is 0.133 e. The van der Waals surface area contributed by atoms with E-state index in [4.69, 9.17) is 4.74 Å². The lowest BCUT2D eigenvalue weighted by Gasteiger charge is -2.09. The van der Waals surface area contributed by atoms with Crippen LogP contribution in [-0.2, 0) is 6.42 Å². The van der Waals surface area contributed by atoms with Crippen molar-refractivity contribution in [3.05, 3.63) is 47.0 Å². The first-order valence-electron chi connectivity index (χ1n) is 6.40. The Morgan fingerprint density at radius 1 is 1.25 bits per heavy atom. The van der Waals surface area contributed by atoms with Crippen molar-refractivity contribution in [2.75, 3.05) is 19.0 Å². The molecular formula is C15H15N3OS. The second kappa shape index (κ2) is 5.88. The summed E-state index contributed by atoms with van der Waals surface area (Å²) in [5.41, 5.74) is 2.97. The van der Waals surface area contributed by atoms with Gasteiger partial charge >= 0.3 is 0 Å². The number of aromatic nitrogens is 2. The topological polar surface area (TPSA) is 47.0 Å². The third kappa shape index (κ3) is 2.72. The number of ether oxygens (including phenoxy) is 1. The zero-order valence-corrected chi connectivity index (χ0v) is 12.0. The van der Waals surface area contributed by atoms with Gasteiger partial charge in [0.15, 0.2) is 0 Å². The predicted octanol–water partition coefficient (Wildman–Crippen LogP) is 3.35. The molecule has 0 unspecified atom stereocenters. The maximum atomic E-state index is 5.24.